The molecule has 0 aromatic heterocycles. The van der Waals surface area contributed by atoms with E-state index in [4.69, 9.17) is 0 Å². The zero-order valence-electron chi connectivity index (χ0n) is 12.2. The van der Waals surface area contributed by atoms with Crippen LogP contribution in [0.25, 0.3) is 0 Å². The molecule has 7 heteroatoms. The Balaban J connectivity index is 2.33. The third kappa shape index (κ3) is 4.19. The number of rotatable bonds is 2. The second-order valence-corrected chi connectivity index (χ2v) is 5.59. The van der Waals surface area contributed by atoms with Gasteiger partial charge in [-0.1, -0.05) is 25.7 Å². The summed E-state index contributed by atoms with van der Waals surface area (Å²) in [7, 11) is 0. The van der Waals surface area contributed by atoms with E-state index >= 15 is 0 Å². The van der Waals surface area contributed by atoms with E-state index in [1.54, 1.807) is 0 Å². The highest BCUT2D eigenvalue weighted by molar-refractivity contribution is 5.46. The lowest BCUT2D eigenvalue weighted by Crippen LogP contribution is -2.23. The van der Waals surface area contributed by atoms with E-state index in [0.29, 0.717) is 18.1 Å². The van der Waals surface area contributed by atoms with Crippen molar-refractivity contribution in [3.8, 4) is 0 Å². The first kappa shape index (κ1) is 16.7. The van der Waals surface area contributed by atoms with Crippen molar-refractivity contribution in [2.75, 3.05) is 6.54 Å². The molecule has 1 aromatic rings. The average molecular weight is 316 g/mol. The summed E-state index contributed by atoms with van der Waals surface area (Å²) in [6.07, 6.45) is 1.30. The van der Waals surface area contributed by atoms with Crippen LogP contribution in [0.1, 0.15) is 55.7 Å². The van der Waals surface area contributed by atoms with Gasteiger partial charge in [-0.25, -0.2) is 0 Å². The van der Waals surface area contributed by atoms with Gasteiger partial charge in [-0.2, -0.15) is 13.2 Å². The first-order valence-corrected chi connectivity index (χ1v) is 7.48. The molecule has 1 aliphatic rings. The summed E-state index contributed by atoms with van der Waals surface area (Å²) in [6, 6.07) is 2.55. The van der Waals surface area contributed by atoms with Gasteiger partial charge in [0.25, 0.3) is 5.69 Å². The Morgan fingerprint density at radius 3 is 2.50 bits per heavy atom. The maximum Gasteiger partial charge on any atom is 0.416 e. The van der Waals surface area contributed by atoms with Gasteiger partial charge in [0.2, 0.25) is 0 Å². The van der Waals surface area contributed by atoms with Crippen LogP contribution in [0.4, 0.5) is 18.9 Å². The lowest BCUT2D eigenvalue weighted by molar-refractivity contribution is -0.386. The molecule has 22 heavy (non-hydrogen) atoms. The summed E-state index contributed by atoms with van der Waals surface area (Å²) in [6.45, 7) is 0.725. The van der Waals surface area contributed by atoms with Gasteiger partial charge in [-0.15, -0.1) is 0 Å². The number of nitro groups is 1. The number of nitrogens with one attached hydrogen (secondary N) is 1. The maximum atomic E-state index is 12.7. The predicted molar refractivity (Wildman–Crippen MR) is 76.5 cm³/mol. The molecular formula is C15H19F3N2O2. The molecule has 122 valence electrons. The number of nitro benzene ring substituents is 1. The fourth-order valence-electron chi connectivity index (χ4n) is 2.82. The Morgan fingerprint density at radius 1 is 1.14 bits per heavy atom. The van der Waals surface area contributed by atoms with Gasteiger partial charge in [0.15, 0.2) is 0 Å². The molecule has 1 heterocycles. The highest BCUT2D eigenvalue weighted by Gasteiger charge is 2.34. The SMILES string of the molecule is O=[N+]([O-])c1cc(C(F)(F)F)ccc1C1CCCCCCCN1. The minimum absolute atomic E-state index is 0.263. The lowest BCUT2D eigenvalue weighted by atomic mass is 9.97. The Morgan fingerprint density at radius 2 is 1.82 bits per heavy atom. The summed E-state index contributed by atoms with van der Waals surface area (Å²) in [5.41, 5.74) is -1.09. The monoisotopic (exact) mass is 316 g/mol. The summed E-state index contributed by atoms with van der Waals surface area (Å²) in [5, 5.41) is 14.4. The van der Waals surface area contributed by atoms with Crippen molar-refractivity contribution in [1.82, 2.24) is 5.32 Å². The molecule has 0 spiro atoms. The number of alkyl halides is 3. The van der Waals surface area contributed by atoms with E-state index in [9.17, 15) is 23.3 Å². The first-order valence-electron chi connectivity index (χ1n) is 7.48. The van der Waals surface area contributed by atoms with Crippen molar-refractivity contribution >= 4 is 5.69 Å². The summed E-state index contributed by atoms with van der Waals surface area (Å²) < 4.78 is 38.2. The zero-order chi connectivity index (χ0) is 16.2. The second-order valence-electron chi connectivity index (χ2n) is 5.59. The smallest absolute Gasteiger partial charge is 0.310 e. The fourth-order valence-corrected chi connectivity index (χ4v) is 2.82. The van der Waals surface area contributed by atoms with Crippen molar-refractivity contribution in [2.24, 2.45) is 0 Å². The molecular weight excluding hydrogens is 297 g/mol. The molecule has 1 N–H and O–H groups in total. The van der Waals surface area contributed by atoms with E-state index in [-0.39, 0.29) is 6.04 Å². The molecule has 0 bridgehead atoms. The van der Waals surface area contributed by atoms with Crippen LogP contribution in [0, 0.1) is 10.1 Å². The van der Waals surface area contributed by atoms with E-state index in [0.717, 1.165) is 44.7 Å². The molecule has 1 aromatic carbocycles. The largest absolute Gasteiger partial charge is 0.416 e. The van der Waals surface area contributed by atoms with Crippen molar-refractivity contribution in [3.05, 3.63) is 39.4 Å². The quantitative estimate of drug-likeness (QED) is 0.641. The molecule has 0 aliphatic carbocycles. The number of nitrogens with zero attached hydrogens (tertiary/aromatic N) is 1. The van der Waals surface area contributed by atoms with Crippen molar-refractivity contribution < 1.29 is 18.1 Å². The molecule has 1 aliphatic heterocycles. The average Bonchev–Trinajstić information content (AvgIpc) is 2.59. The molecule has 0 saturated carbocycles. The molecule has 1 atom stereocenters. The Labute approximate surface area is 126 Å². The highest BCUT2D eigenvalue weighted by Crippen LogP contribution is 2.36. The van der Waals surface area contributed by atoms with E-state index in [2.05, 4.69) is 5.32 Å². The standard InChI is InChI=1S/C15H19F3N2O2/c16-15(17,18)11-7-8-12(14(10-11)20(21)22)13-6-4-2-1-3-5-9-19-13/h7-8,10,13,19H,1-6,9H2. The first-order chi connectivity index (χ1) is 10.4. The van der Waals surface area contributed by atoms with Crippen LogP contribution >= 0.6 is 0 Å². The molecule has 1 fully saturated rings. The van der Waals surface area contributed by atoms with Crippen LogP contribution in [-0.2, 0) is 6.18 Å². The second kappa shape index (κ2) is 7.09. The Hall–Kier alpha value is -1.63. The van der Waals surface area contributed by atoms with Gasteiger partial charge in [0, 0.05) is 17.7 Å². The van der Waals surface area contributed by atoms with Gasteiger partial charge in [-0.3, -0.25) is 10.1 Å². The topological polar surface area (TPSA) is 55.2 Å². The third-order valence-electron chi connectivity index (χ3n) is 3.99. The minimum atomic E-state index is -4.57. The predicted octanol–water partition coefficient (Wildman–Crippen LogP) is 4.60. The molecule has 2 rings (SSSR count). The zero-order valence-corrected chi connectivity index (χ0v) is 12.2. The summed E-state index contributed by atoms with van der Waals surface area (Å²) in [4.78, 5) is 10.5. The molecule has 1 saturated heterocycles. The Kier molecular flexibility index (Phi) is 5.39. The molecule has 1 unspecified atom stereocenters. The maximum absolute atomic E-state index is 12.7. The van der Waals surface area contributed by atoms with Gasteiger partial charge < -0.3 is 5.32 Å². The van der Waals surface area contributed by atoms with Crippen LogP contribution in [0.5, 0.6) is 0 Å². The molecule has 0 amide bonds. The van der Waals surface area contributed by atoms with Gasteiger partial charge in [-0.05, 0) is 31.5 Å². The number of hydrogen-bond donors (Lipinski definition) is 1. The van der Waals surface area contributed by atoms with E-state index < -0.39 is 22.4 Å². The Bertz CT molecular complexity index is 522. The van der Waals surface area contributed by atoms with Crippen LogP contribution < -0.4 is 5.32 Å². The summed E-state index contributed by atoms with van der Waals surface area (Å²) >= 11 is 0. The van der Waals surface area contributed by atoms with Gasteiger partial charge in [0.1, 0.15) is 0 Å². The van der Waals surface area contributed by atoms with Crippen molar-refractivity contribution in [1.29, 1.82) is 0 Å². The minimum Gasteiger partial charge on any atom is -0.310 e. The van der Waals surface area contributed by atoms with Crippen LogP contribution in [0.2, 0.25) is 0 Å². The van der Waals surface area contributed by atoms with Crippen LogP contribution in [0.15, 0.2) is 18.2 Å². The van der Waals surface area contributed by atoms with Crippen LogP contribution in [0.3, 0.4) is 0 Å². The molecule has 0 radical (unpaired) electrons. The summed E-state index contributed by atoms with van der Waals surface area (Å²) in [5.74, 6) is 0. The molecule has 4 nitrogen and oxygen atoms in total. The van der Waals surface area contributed by atoms with Crippen molar-refractivity contribution in [2.45, 2.75) is 50.7 Å². The van der Waals surface area contributed by atoms with E-state index in [1.165, 1.54) is 6.07 Å². The highest BCUT2D eigenvalue weighted by atomic mass is 19.4. The number of benzene rings is 1. The van der Waals surface area contributed by atoms with Gasteiger partial charge >= 0.3 is 6.18 Å². The number of hydrogen-bond acceptors (Lipinski definition) is 3. The van der Waals surface area contributed by atoms with Crippen LogP contribution in [-0.4, -0.2) is 11.5 Å². The van der Waals surface area contributed by atoms with E-state index in [1.807, 2.05) is 0 Å². The number of halogens is 3. The normalized spacial score (nSPS) is 20.8. The fraction of sp³-hybridized carbons (Fsp3) is 0.600. The lowest BCUT2D eigenvalue weighted by Gasteiger charge is -2.19. The third-order valence-corrected chi connectivity index (χ3v) is 3.99. The van der Waals surface area contributed by atoms with Gasteiger partial charge in [0.05, 0.1) is 10.5 Å². The van der Waals surface area contributed by atoms with Crippen molar-refractivity contribution in [3.63, 3.8) is 0 Å².